The predicted molar refractivity (Wildman–Crippen MR) is 85.0 cm³/mol. The molecule has 1 aliphatic carbocycles. The number of likely N-dealkylation sites (N-methyl/N-ethyl adjacent to an activating group) is 1. The van der Waals surface area contributed by atoms with Crippen LogP contribution in [0.1, 0.15) is 49.2 Å². The summed E-state index contributed by atoms with van der Waals surface area (Å²) in [7, 11) is 2.09. The lowest BCUT2D eigenvalue weighted by Crippen LogP contribution is -2.39. The van der Waals surface area contributed by atoms with Crippen LogP contribution in [0.5, 0.6) is 0 Å². The fourth-order valence-corrected chi connectivity index (χ4v) is 4.04. The van der Waals surface area contributed by atoms with E-state index in [4.69, 9.17) is 0 Å². The van der Waals surface area contributed by atoms with Crippen LogP contribution >= 0.6 is 27.3 Å². The molecule has 0 N–H and O–H groups in total. The van der Waals surface area contributed by atoms with E-state index in [1.54, 1.807) is 0 Å². The quantitative estimate of drug-likeness (QED) is 0.745. The van der Waals surface area contributed by atoms with Crippen molar-refractivity contribution in [3.05, 3.63) is 20.8 Å². The van der Waals surface area contributed by atoms with Crippen LogP contribution in [0.4, 0.5) is 0 Å². The first-order chi connectivity index (χ1) is 8.87. The highest BCUT2D eigenvalue weighted by molar-refractivity contribution is 9.11. The molecular weight excluding hydrogens is 322 g/mol. The molecule has 19 heavy (non-hydrogen) atoms. The lowest BCUT2D eigenvalue weighted by Gasteiger charge is -2.38. The van der Waals surface area contributed by atoms with Gasteiger partial charge in [0, 0.05) is 6.04 Å². The van der Waals surface area contributed by atoms with Gasteiger partial charge in [0.1, 0.15) is 0 Å². The van der Waals surface area contributed by atoms with Crippen molar-refractivity contribution in [1.82, 2.24) is 4.90 Å². The number of halogens is 1. The zero-order valence-corrected chi connectivity index (χ0v) is 14.3. The summed E-state index contributed by atoms with van der Waals surface area (Å²) in [6.45, 7) is 5.23. The molecule has 0 bridgehead atoms. The third-order valence-corrected chi connectivity index (χ3v) is 5.84. The molecule has 0 aliphatic heterocycles. The van der Waals surface area contributed by atoms with E-state index in [-0.39, 0.29) is 5.78 Å². The van der Waals surface area contributed by atoms with Crippen LogP contribution in [0.15, 0.2) is 15.9 Å². The standard InChI is InChI=1S/C15H22BrNOS/c1-15(2)8-6-11(7-9-15)17(3)10-12(18)13-4-5-14(16)19-13/h4-5,11H,6-10H2,1-3H3. The Hall–Kier alpha value is -0.190. The van der Waals surface area contributed by atoms with Crippen molar-refractivity contribution in [3.8, 4) is 0 Å². The van der Waals surface area contributed by atoms with Gasteiger partial charge in [-0.1, -0.05) is 13.8 Å². The highest BCUT2D eigenvalue weighted by Gasteiger charge is 2.29. The molecule has 1 heterocycles. The molecule has 106 valence electrons. The molecule has 0 saturated heterocycles. The number of nitrogens with zero attached hydrogens (tertiary/aromatic N) is 1. The number of carbonyl (C=O) groups excluding carboxylic acids is 1. The van der Waals surface area contributed by atoms with Gasteiger partial charge < -0.3 is 0 Å². The van der Waals surface area contributed by atoms with Crippen molar-refractivity contribution in [2.75, 3.05) is 13.6 Å². The van der Waals surface area contributed by atoms with E-state index < -0.39 is 0 Å². The van der Waals surface area contributed by atoms with E-state index in [1.807, 2.05) is 12.1 Å². The monoisotopic (exact) mass is 343 g/mol. The Balaban J connectivity index is 1.88. The Kier molecular flexibility index (Phi) is 4.85. The van der Waals surface area contributed by atoms with E-state index >= 15 is 0 Å². The van der Waals surface area contributed by atoms with E-state index in [2.05, 4.69) is 41.7 Å². The molecule has 0 radical (unpaired) electrons. The van der Waals surface area contributed by atoms with Gasteiger partial charge in [-0.2, -0.15) is 0 Å². The average molecular weight is 344 g/mol. The Morgan fingerprint density at radius 2 is 2.05 bits per heavy atom. The fraction of sp³-hybridized carbons (Fsp3) is 0.667. The summed E-state index contributed by atoms with van der Waals surface area (Å²) in [4.78, 5) is 15.3. The van der Waals surface area contributed by atoms with Gasteiger partial charge in [-0.15, -0.1) is 11.3 Å². The Bertz CT molecular complexity index is 445. The first-order valence-electron chi connectivity index (χ1n) is 6.86. The second kappa shape index (κ2) is 6.06. The molecule has 0 unspecified atom stereocenters. The maximum absolute atomic E-state index is 12.2. The van der Waals surface area contributed by atoms with E-state index in [0.29, 0.717) is 18.0 Å². The largest absolute Gasteiger partial charge is 0.296 e. The number of thiophene rings is 1. The second-order valence-electron chi connectivity index (χ2n) is 6.34. The zero-order valence-electron chi connectivity index (χ0n) is 11.9. The van der Waals surface area contributed by atoms with Crippen LogP contribution in [-0.4, -0.2) is 30.3 Å². The van der Waals surface area contributed by atoms with Gasteiger partial charge in [0.05, 0.1) is 15.2 Å². The van der Waals surface area contributed by atoms with E-state index in [0.717, 1.165) is 8.66 Å². The zero-order chi connectivity index (χ0) is 14.0. The van der Waals surface area contributed by atoms with Crippen LogP contribution < -0.4 is 0 Å². The highest BCUT2D eigenvalue weighted by Crippen LogP contribution is 2.36. The van der Waals surface area contributed by atoms with Crippen molar-refractivity contribution in [1.29, 1.82) is 0 Å². The molecule has 0 spiro atoms. The third-order valence-electron chi connectivity index (χ3n) is 4.17. The van der Waals surface area contributed by atoms with Crippen molar-refractivity contribution >= 4 is 33.0 Å². The van der Waals surface area contributed by atoms with E-state index in [9.17, 15) is 4.79 Å². The predicted octanol–water partition coefficient (Wildman–Crippen LogP) is 4.59. The SMILES string of the molecule is CN(CC(=O)c1ccc(Br)s1)C1CCC(C)(C)CC1. The molecule has 1 fully saturated rings. The van der Waals surface area contributed by atoms with Crippen molar-refractivity contribution in [3.63, 3.8) is 0 Å². The number of hydrogen-bond acceptors (Lipinski definition) is 3. The summed E-state index contributed by atoms with van der Waals surface area (Å²) in [5.41, 5.74) is 0.486. The van der Waals surface area contributed by atoms with Gasteiger partial charge >= 0.3 is 0 Å². The molecule has 1 aliphatic rings. The van der Waals surface area contributed by atoms with Gasteiger partial charge in [-0.05, 0) is 66.2 Å². The normalized spacial score (nSPS) is 19.8. The lowest BCUT2D eigenvalue weighted by molar-refractivity contribution is 0.0855. The number of carbonyl (C=O) groups is 1. The first kappa shape index (κ1) is 15.2. The summed E-state index contributed by atoms with van der Waals surface area (Å²) in [5.74, 6) is 0.239. The highest BCUT2D eigenvalue weighted by atomic mass is 79.9. The number of hydrogen-bond donors (Lipinski definition) is 0. The van der Waals surface area contributed by atoms with Crippen LogP contribution in [0, 0.1) is 5.41 Å². The smallest absolute Gasteiger partial charge is 0.186 e. The molecule has 0 aromatic carbocycles. The van der Waals surface area contributed by atoms with Crippen molar-refractivity contribution < 1.29 is 4.79 Å². The van der Waals surface area contributed by atoms with Gasteiger partial charge in [0.15, 0.2) is 5.78 Å². The van der Waals surface area contributed by atoms with Crippen LogP contribution in [0.3, 0.4) is 0 Å². The maximum Gasteiger partial charge on any atom is 0.186 e. The maximum atomic E-state index is 12.2. The average Bonchev–Trinajstić information content (AvgIpc) is 2.75. The summed E-state index contributed by atoms with van der Waals surface area (Å²) in [6.07, 6.45) is 4.96. The van der Waals surface area contributed by atoms with Gasteiger partial charge in [-0.25, -0.2) is 0 Å². The summed E-state index contributed by atoms with van der Waals surface area (Å²) >= 11 is 4.93. The molecule has 2 nitrogen and oxygen atoms in total. The minimum absolute atomic E-state index is 0.239. The summed E-state index contributed by atoms with van der Waals surface area (Å²) < 4.78 is 1.03. The van der Waals surface area contributed by atoms with E-state index in [1.165, 1.54) is 37.0 Å². The summed E-state index contributed by atoms with van der Waals surface area (Å²) in [5, 5.41) is 0. The lowest BCUT2D eigenvalue weighted by atomic mass is 9.75. The Morgan fingerprint density at radius 3 is 2.58 bits per heavy atom. The fourth-order valence-electron chi connectivity index (χ4n) is 2.72. The first-order valence-corrected chi connectivity index (χ1v) is 8.47. The summed E-state index contributed by atoms with van der Waals surface area (Å²) in [6, 6.07) is 4.43. The molecule has 0 atom stereocenters. The minimum atomic E-state index is 0.239. The van der Waals surface area contributed by atoms with Crippen molar-refractivity contribution in [2.24, 2.45) is 5.41 Å². The van der Waals surface area contributed by atoms with Crippen LogP contribution in [0.2, 0.25) is 0 Å². The molecule has 0 amide bonds. The molecule has 1 aromatic heterocycles. The topological polar surface area (TPSA) is 20.3 Å². The van der Waals surface area contributed by atoms with Gasteiger partial charge in [0.25, 0.3) is 0 Å². The Morgan fingerprint density at radius 1 is 1.42 bits per heavy atom. The van der Waals surface area contributed by atoms with Gasteiger partial charge in [-0.3, -0.25) is 9.69 Å². The van der Waals surface area contributed by atoms with Crippen molar-refractivity contribution in [2.45, 2.75) is 45.6 Å². The van der Waals surface area contributed by atoms with Gasteiger partial charge in [0.2, 0.25) is 0 Å². The number of rotatable bonds is 4. The molecule has 1 saturated carbocycles. The molecule has 2 rings (SSSR count). The minimum Gasteiger partial charge on any atom is -0.296 e. The molecular formula is C15H22BrNOS. The number of Topliss-reactive ketones (excluding diaryl/α,β-unsaturated/α-hetero) is 1. The van der Waals surface area contributed by atoms with Crippen LogP contribution in [-0.2, 0) is 0 Å². The molecule has 1 aromatic rings. The van der Waals surface area contributed by atoms with Crippen LogP contribution in [0.25, 0.3) is 0 Å². The Labute approximate surface area is 128 Å². The molecule has 4 heteroatoms. The second-order valence-corrected chi connectivity index (χ2v) is 8.80. The third kappa shape index (κ3) is 4.14. The number of ketones is 1.